The van der Waals surface area contributed by atoms with E-state index in [0.717, 1.165) is 17.2 Å². The minimum atomic E-state index is -4.17. The van der Waals surface area contributed by atoms with E-state index < -0.39 is 24.4 Å². The van der Waals surface area contributed by atoms with Crippen LogP contribution in [0.15, 0.2) is 60.8 Å². The van der Waals surface area contributed by atoms with Crippen molar-refractivity contribution in [1.29, 1.82) is 0 Å². The van der Waals surface area contributed by atoms with Gasteiger partial charge in [-0.1, -0.05) is 30.3 Å². The molecule has 174 valence electrons. The Kier molecular flexibility index (Phi) is 6.93. The van der Waals surface area contributed by atoms with Crippen molar-refractivity contribution >= 4 is 0 Å². The Morgan fingerprint density at radius 1 is 0.970 bits per heavy atom. The summed E-state index contributed by atoms with van der Waals surface area (Å²) < 4.78 is 71.7. The Morgan fingerprint density at radius 3 is 2.33 bits per heavy atom. The smallest absolute Gasteiger partial charge is 0.401 e. The molecule has 0 atom stereocenters. The van der Waals surface area contributed by atoms with Gasteiger partial charge in [0.15, 0.2) is 11.6 Å². The van der Waals surface area contributed by atoms with Crippen LogP contribution in [0.3, 0.4) is 0 Å². The SMILES string of the molecule is Fc1cc(F)c(OCc2ccc(C3CCN(CC(F)(F)F)CC3)cc2)c(-c2ccccn2)c1. The zero-order valence-electron chi connectivity index (χ0n) is 17.8. The topological polar surface area (TPSA) is 25.4 Å². The van der Waals surface area contributed by atoms with Crippen molar-refractivity contribution in [3.8, 4) is 17.0 Å². The number of halogens is 5. The Bertz CT molecular complexity index is 1060. The molecule has 4 rings (SSSR count). The summed E-state index contributed by atoms with van der Waals surface area (Å²) >= 11 is 0. The van der Waals surface area contributed by atoms with Gasteiger partial charge < -0.3 is 4.74 Å². The van der Waals surface area contributed by atoms with E-state index in [1.165, 1.54) is 17.2 Å². The maximum Gasteiger partial charge on any atom is 0.401 e. The van der Waals surface area contributed by atoms with Crippen molar-refractivity contribution in [3.05, 3.63) is 83.6 Å². The highest BCUT2D eigenvalue weighted by molar-refractivity contribution is 5.67. The van der Waals surface area contributed by atoms with E-state index in [0.29, 0.717) is 31.6 Å². The summed E-state index contributed by atoms with van der Waals surface area (Å²) in [6.07, 6.45) is -1.30. The van der Waals surface area contributed by atoms with Gasteiger partial charge in [-0.3, -0.25) is 9.88 Å². The molecule has 0 bridgehead atoms. The maximum atomic E-state index is 14.5. The lowest BCUT2D eigenvalue weighted by molar-refractivity contribution is -0.147. The third-order valence-electron chi connectivity index (χ3n) is 5.77. The number of nitrogens with zero attached hydrogens (tertiary/aromatic N) is 2. The van der Waals surface area contributed by atoms with Crippen LogP contribution in [0.4, 0.5) is 22.0 Å². The van der Waals surface area contributed by atoms with Crippen LogP contribution in [-0.4, -0.2) is 35.7 Å². The van der Waals surface area contributed by atoms with Crippen LogP contribution < -0.4 is 4.74 Å². The van der Waals surface area contributed by atoms with Crippen molar-refractivity contribution in [3.63, 3.8) is 0 Å². The number of hydrogen-bond acceptors (Lipinski definition) is 3. The van der Waals surface area contributed by atoms with Gasteiger partial charge in [0.05, 0.1) is 12.2 Å². The number of likely N-dealkylation sites (tertiary alicyclic amines) is 1. The summed E-state index contributed by atoms with van der Waals surface area (Å²) in [7, 11) is 0. The van der Waals surface area contributed by atoms with Crippen LogP contribution in [0.5, 0.6) is 5.75 Å². The molecule has 1 aliphatic rings. The van der Waals surface area contributed by atoms with Gasteiger partial charge in [0.2, 0.25) is 0 Å². The van der Waals surface area contributed by atoms with Gasteiger partial charge in [0.25, 0.3) is 0 Å². The summed E-state index contributed by atoms with van der Waals surface area (Å²) in [4.78, 5) is 5.60. The van der Waals surface area contributed by atoms with Gasteiger partial charge in [-0.25, -0.2) is 8.78 Å². The number of piperidine rings is 1. The Hall–Kier alpha value is -3.00. The molecule has 0 radical (unpaired) electrons. The van der Waals surface area contributed by atoms with Crippen LogP contribution >= 0.6 is 0 Å². The summed E-state index contributed by atoms with van der Waals surface area (Å²) in [6.45, 7) is 0.0352. The maximum absolute atomic E-state index is 14.5. The van der Waals surface area contributed by atoms with Crippen LogP contribution in [0.1, 0.15) is 29.9 Å². The molecule has 2 aromatic carbocycles. The summed E-state index contributed by atoms with van der Waals surface area (Å²) in [5, 5.41) is 0. The second-order valence-electron chi connectivity index (χ2n) is 8.18. The lowest BCUT2D eigenvalue weighted by Crippen LogP contribution is -2.39. The fourth-order valence-corrected chi connectivity index (χ4v) is 4.14. The number of pyridine rings is 1. The first-order valence-electron chi connectivity index (χ1n) is 10.7. The van der Waals surface area contributed by atoms with Crippen molar-refractivity contribution < 1.29 is 26.7 Å². The Balaban J connectivity index is 1.40. The number of benzene rings is 2. The van der Waals surface area contributed by atoms with Gasteiger partial charge in [-0.15, -0.1) is 0 Å². The van der Waals surface area contributed by atoms with E-state index in [9.17, 15) is 22.0 Å². The largest absolute Gasteiger partial charge is 0.485 e. The molecule has 1 saturated heterocycles. The lowest BCUT2D eigenvalue weighted by atomic mass is 9.89. The molecule has 1 aromatic heterocycles. The summed E-state index contributed by atoms with van der Waals surface area (Å²) in [5.41, 5.74) is 2.49. The number of aromatic nitrogens is 1. The molecule has 33 heavy (non-hydrogen) atoms. The van der Waals surface area contributed by atoms with E-state index in [2.05, 4.69) is 4.98 Å². The van der Waals surface area contributed by atoms with Crippen molar-refractivity contribution in [2.45, 2.75) is 31.5 Å². The Labute approximate surface area is 188 Å². The molecule has 3 nitrogen and oxygen atoms in total. The predicted molar refractivity (Wildman–Crippen MR) is 115 cm³/mol. The lowest BCUT2D eigenvalue weighted by Gasteiger charge is -2.32. The van der Waals surface area contributed by atoms with Gasteiger partial charge in [0, 0.05) is 17.8 Å². The summed E-state index contributed by atoms with van der Waals surface area (Å²) in [6, 6.07) is 14.6. The van der Waals surface area contributed by atoms with Crippen molar-refractivity contribution in [1.82, 2.24) is 9.88 Å². The third kappa shape index (κ3) is 6.07. The minimum absolute atomic E-state index is 0.0730. The molecule has 0 aliphatic carbocycles. The highest BCUT2D eigenvalue weighted by atomic mass is 19.4. The van der Waals surface area contributed by atoms with E-state index in [-0.39, 0.29) is 23.8 Å². The van der Waals surface area contributed by atoms with Gasteiger partial charge >= 0.3 is 6.18 Å². The molecule has 0 amide bonds. The van der Waals surface area contributed by atoms with Crippen LogP contribution in [0.25, 0.3) is 11.3 Å². The molecule has 8 heteroatoms. The average molecular weight is 462 g/mol. The third-order valence-corrected chi connectivity index (χ3v) is 5.77. The van der Waals surface area contributed by atoms with Crippen LogP contribution in [-0.2, 0) is 6.61 Å². The van der Waals surface area contributed by atoms with E-state index in [1.54, 1.807) is 18.2 Å². The van der Waals surface area contributed by atoms with Crippen molar-refractivity contribution in [2.75, 3.05) is 19.6 Å². The van der Waals surface area contributed by atoms with Gasteiger partial charge in [0.1, 0.15) is 12.4 Å². The molecule has 3 aromatic rings. The fraction of sp³-hybridized carbons (Fsp3) is 0.320. The van der Waals surface area contributed by atoms with Gasteiger partial charge in [-0.2, -0.15) is 13.2 Å². The van der Waals surface area contributed by atoms with E-state index in [1.807, 2.05) is 24.3 Å². The molecule has 0 spiro atoms. The first kappa shape index (κ1) is 23.2. The number of rotatable bonds is 6. The fourth-order valence-electron chi connectivity index (χ4n) is 4.14. The molecular formula is C25H23F5N2O. The normalized spacial score (nSPS) is 15.5. The van der Waals surface area contributed by atoms with E-state index in [4.69, 9.17) is 4.74 Å². The average Bonchev–Trinajstić information content (AvgIpc) is 2.78. The molecule has 2 heterocycles. The van der Waals surface area contributed by atoms with Crippen LogP contribution in [0.2, 0.25) is 0 Å². The Morgan fingerprint density at radius 2 is 1.70 bits per heavy atom. The predicted octanol–water partition coefficient (Wildman–Crippen LogP) is 6.35. The van der Waals surface area contributed by atoms with Crippen molar-refractivity contribution in [2.24, 2.45) is 0 Å². The number of alkyl halides is 3. The first-order chi connectivity index (χ1) is 15.8. The highest BCUT2D eigenvalue weighted by Crippen LogP contribution is 2.34. The zero-order chi connectivity index (χ0) is 23.4. The van der Waals surface area contributed by atoms with Gasteiger partial charge in [-0.05, 0) is 61.2 Å². The second-order valence-corrected chi connectivity index (χ2v) is 8.18. The number of hydrogen-bond donors (Lipinski definition) is 0. The highest BCUT2D eigenvalue weighted by Gasteiger charge is 2.32. The monoisotopic (exact) mass is 462 g/mol. The standard InChI is InChI=1S/C25H23F5N2O/c26-20-13-21(23-3-1-2-10-31-23)24(22(27)14-20)33-15-17-4-6-18(7-5-17)19-8-11-32(12-9-19)16-25(28,29)30/h1-7,10,13-14,19H,8-9,11-12,15-16H2. The first-order valence-corrected chi connectivity index (χ1v) is 10.7. The molecule has 1 aliphatic heterocycles. The quantitative estimate of drug-likeness (QED) is 0.400. The zero-order valence-corrected chi connectivity index (χ0v) is 17.8. The number of ether oxygens (including phenoxy) is 1. The van der Waals surface area contributed by atoms with Crippen LogP contribution in [0, 0.1) is 11.6 Å². The minimum Gasteiger partial charge on any atom is -0.485 e. The summed E-state index contributed by atoms with van der Waals surface area (Å²) in [5.74, 6) is -1.39. The second kappa shape index (κ2) is 9.87. The molecule has 0 N–H and O–H groups in total. The molecule has 0 unspecified atom stereocenters. The molecule has 1 fully saturated rings. The van der Waals surface area contributed by atoms with E-state index >= 15 is 0 Å². The molecule has 0 saturated carbocycles. The molecular weight excluding hydrogens is 439 g/mol.